The van der Waals surface area contributed by atoms with Crippen molar-refractivity contribution in [3.8, 4) is 0 Å². The Kier molecular flexibility index (Phi) is 5.22. The molecule has 1 amide bonds. The molecule has 0 unspecified atom stereocenters. The summed E-state index contributed by atoms with van der Waals surface area (Å²) >= 11 is 11.6. The van der Waals surface area contributed by atoms with Gasteiger partial charge in [0, 0.05) is 18.1 Å². The SMILES string of the molecule is O=C(Cc1cn2cc(C(F)(F)F)cc(Cl)c2n1)Nc1ccc(Cl)c(C(=O)O)c1. The lowest BCUT2D eigenvalue weighted by molar-refractivity contribution is -0.137. The van der Waals surface area contributed by atoms with Crippen LogP contribution in [0.5, 0.6) is 0 Å². The van der Waals surface area contributed by atoms with E-state index < -0.39 is 23.6 Å². The van der Waals surface area contributed by atoms with Gasteiger partial charge in [-0.1, -0.05) is 23.2 Å². The molecule has 0 aliphatic carbocycles. The minimum absolute atomic E-state index is 0.0148. The number of hydrogen-bond acceptors (Lipinski definition) is 3. The van der Waals surface area contributed by atoms with Crippen LogP contribution in [0.25, 0.3) is 5.65 Å². The van der Waals surface area contributed by atoms with E-state index in [1.165, 1.54) is 24.4 Å². The third-order valence-electron chi connectivity index (χ3n) is 3.71. The van der Waals surface area contributed by atoms with Crippen molar-refractivity contribution in [2.75, 3.05) is 5.32 Å². The average molecular weight is 432 g/mol. The maximum absolute atomic E-state index is 12.9. The quantitative estimate of drug-likeness (QED) is 0.634. The lowest BCUT2D eigenvalue weighted by atomic mass is 10.2. The number of pyridine rings is 1. The molecule has 0 atom stereocenters. The van der Waals surface area contributed by atoms with E-state index in [0.717, 1.165) is 16.7 Å². The Morgan fingerprint density at radius 1 is 1.14 bits per heavy atom. The summed E-state index contributed by atoms with van der Waals surface area (Å²) in [4.78, 5) is 27.3. The summed E-state index contributed by atoms with van der Waals surface area (Å²) in [7, 11) is 0. The number of aromatic carboxylic acids is 1. The number of nitrogens with one attached hydrogen (secondary N) is 1. The molecule has 0 fully saturated rings. The number of amides is 1. The van der Waals surface area contributed by atoms with Crippen molar-refractivity contribution in [3.05, 3.63) is 63.5 Å². The number of hydrogen-bond donors (Lipinski definition) is 2. The van der Waals surface area contributed by atoms with E-state index in [1.807, 2.05) is 0 Å². The third-order valence-corrected chi connectivity index (χ3v) is 4.31. The van der Waals surface area contributed by atoms with E-state index >= 15 is 0 Å². The lowest BCUT2D eigenvalue weighted by Crippen LogP contribution is -2.15. The highest BCUT2D eigenvalue weighted by atomic mass is 35.5. The van der Waals surface area contributed by atoms with Crippen LogP contribution in [0.15, 0.2) is 36.7 Å². The standard InChI is InChI=1S/C17H10Cl2F3N3O3/c18-12-2-1-9(4-11(12)16(27)28)23-14(26)5-10-7-25-6-8(17(20,21)22)3-13(19)15(25)24-10/h1-4,6-7H,5H2,(H,23,26)(H,27,28). The van der Waals surface area contributed by atoms with Gasteiger partial charge in [0.05, 0.1) is 33.3 Å². The number of benzene rings is 1. The predicted octanol–water partition coefficient (Wildman–Crippen LogP) is 4.54. The average Bonchev–Trinajstić information content (AvgIpc) is 2.98. The van der Waals surface area contributed by atoms with Crippen molar-refractivity contribution in [1.82, 2.24) is 9.38 Å². The van der Waals surface area contributed by atoms with Gasteiger partial charge in [0.15, 0.2) is 5.65 Å². The number of fused-ring (bicyclic) bond motifs is 1. The molecule has 0 bridgehead atoms. The van der Waals surface area contributed by atoms with Gasteiger partial charge in [0.2, 0.25) is 5.91 Å². The smallest absolute Gasteiger partial charge is 0.417 e. The largest absolute Gasteiger partial charge is 0.478 e. The molecule has 2 aromatic heterocycles. The Hall–Kier alpha value is -2.78. The van der Waals surface area contributed by atoms with Gasteiger partial charge in [-0.3, -0.25) is 4.79 Å². The van der Waals surface area contributed by atoms with Crippen LogP contribution >= 0.6 is 23.2 Å². The molecule has 0 saturated carbocycles. The highest BCUT2D eigenvalue weighted by Crippen LogP contribution is 2.32. The molecule has 1 aromatic carbocycles. The van der Waals surface area contributed by atoms with Crippen LogP contribution in [0.1, 0.15) is 21.6 Å². The molecule has 2 N–H and O–H groups in total. The van der Waals surface area contributed by atoms with Crippen molar-refractivity contribution in [3.63, 3.8) is 0 Å². The number of carboxylic acid groups (broad SMARTS) is 1. The molecule has 0 radical (unpaired) electrons. The summed E-state index contributed by atoms with van der Waals surface area (Å²) in [5.41, 5.74) is -0.657. The number of carbonyl (C=O) groups is 2. The van der Waals surface area contributed by atoms with Crippen molar-refractivity contribution in [2.24, 2.45) is 0 Å². The Balaban J connectivity index is 1.81. The van der Waals surface area contributed by atoms with Crippen molar-refractivity contribution in [2.45, 2.75) is 12.6 Å². The molecular formula is C17H10Cl2F3N3O3. The summed E-state index contributed by atoms with van der Waals surface area (Å²) < 4.78 is 39.7. The van der Waals surface area contributed by atoms with Crippen molar-refractivity contribution in [1.29, 1.82) is 0 Å². The Morgan fingerprint density at radius 2 is 1.86 bits per heavy atom. The number of nitrogens with zero attached hydrogens (tertiary/aromatic N) is 2. The van der Waals surface area contributed by atoms with Crippen LogP contribution < -0.4 is 5.32 Å². The Bertz CT molecular complexity index is 1100. The summed E-state index contributed by atoms with van der Waals surface area (Å²) in [6, 6.07) is 4.69. The van der Waals surface area contributed by atoms with E-state index in [-0.39, 0.29) is 39.1 Å². The van der Waals surface area contributed by atoms with Crippen LogP contribution in [0.4, 0.5) is 18.9 Å². The second-order valence-corrected chi connectivity index (χ2v) is 6.58. The zero-order chi connectivity index (χ0) is 20.6. The number of rotatable bonds is 4. The summed E-state index contributed by atoms with van der Waals surface area (Å²) in [5.74, 6) is -1.80. The molecule has 11 heteroatoms. The van der Waals surface area contributed by atoms with E-state index in [0.29, 0.717) is 0 Å². The summed E-state index contributed by atoms with van der Waals surface area (Å²) in [6.07, 6.45) is -2.74. The highest BCUT2D eigenvalue weighted by molar-refractivity contribution is 6.34. The minimum atomic E-state index is -4.57. The third kappa shape index (κ3) is 4.20. The van der Waals surface area contributed by atoms with Crippen LogP contribution in [-0.4, -0.2) is 26.4 Å². The number of carboxylic acids is 1. The first-order chi connectivity index (χ1) is 13.0. The van der Waals surface area contributed by atoms with Crippen LogP contribution in [0.2, 0.25) is 10.0 Å². The van der Waals surface area contributed by atoms with Gasteiger partial charge in [0.1, 0.15) is 0 Å². The lowest BCUT2D eigenvalue weighted by Gasteiger charge is -2.07. The highest BCUT2D eigenvalue weighted by Gasteiger charge is 2.32. The fourth-order valence-electron chi connectivity index (χ4n) is 2.48. The van der Waals surface area contributed by atoms with Crippen LogP contribution in [0.3, 0.4) is 0 Å². The second kappa shape index (κ2) is 7.33. The molecule has 0 spiro atoms. The van der Waals surface area contributed by atoms with Crippen molar-refractivity contribution >= 4 is 46.4 Å². The van der Waals surface area contributed by atoms with E-state index in [4.69, 9.17) is 28.3 Å². The number of carbonyl (C=O) groups excluding carboxylic acids is 1. The maximum Gasteiger partial charge on any atom is 0.417 e. The van der Waals surface area contributed by atoms with Gasteiger partial charge in [0.25, 0.3) is 0 Å². The molecule has 28 heavy (non-hydrogen) atoms. The molecule has 2 heterocycles. The molecule has 6 nitrogen and oxygen atoms in total. The zero-order valence-corrected chi connectivity index (χ0v) is 15.2. The minimum Gasteiger partial charge on any atom is -0.478 e. The normalized spacial score (nSPS) is 11.6. The van der Waals surface area contributed by atoms with Gasteiger partial charge in [-0.2, -0.15) is 13.2 Å². The number of anilines is 1. The number of alkyl halides is 3. The van der Waals surface area contributed by atoms with Gasteiger partial charge >= 0.3 is 12.1 Å². The molecular weight excluding hydrogens is 422 g/mol. The van der Waals surface area contributed by atoms with E-state index in [1.54, 1.807) is 0 Å². The first kappa shape index (κ1) is 20.0. The first-order valence-corrected chi connectivity index (χ1v) is 8.37. The number of aromatic nitrogens is 2. The van der Waals surface area contributed by atoms with Crippen molar-refractivity contribution < 1.29 is 27.9 Å². The van der Waals surface area contributed by atoms with Gasteiger partial charge in [-0.25, -0.2) is 9.78 Å². The molecule has 0 aliphatic rings. The predicted molar refractivity (Wildman–Crippen MR) is 95.9 cm³/mol. The fraction of sp³-hybridized carbons (Fsp3) is 0.118. The topological polar surface area (TPSA) is 83.7 Å². The molecule has 3 rings (SSSR count). The number of imidazole rings is 1. The molecule has 3 aromatic rings. The monoisotopic (exact) mass is 431 g/mol. The molecule has 0 aliphatic heterocycles. The fourth-order valence-corrected chi connectivity index (χ4v) is 2.94. The first-order valence-electron chi connectivity index (χ1n) is 7.61. The zero-order valence-electron chi connectivity index (χ0n) is 13.7. The van der Waals surface area contributed by atoms with Crippen LogP contribution in [0, 0.1) is 0 Å². The van der Waals surface area contributed by atoms with E-state index in [2.05, 4.69) is 10.3 Å². The summed E-state index contributed by atoms with van der Waals surface area (Å²) in [5, 5.41) is 11.3. The van der Waals surface area contributed by atoms with E-state index in [9.17, 15) is 22.8 Å². The number of halogens is 5. The maximum atomic E-state index is 12.9. The Labute approximate surface area is 165 Å². The van der Waals surface area contributed by atoms with Gasteiger partial charge < -0.3 is 14.8 Å². The Morgan fingerprint density at radius 3 is 2.50 bits per heavy atom. The second-order valence-electron chi connectivity index (χ2n) is 5.76. The van der Waals surface area contributed by atoms with Gasteiger partial charge in [-0.05, 0) is 24.3 Å². The summed E-state index contributed by atoms with van der Waals surface area (Å²) in [6.45, 7) is 0. The van der Waals surface area contributed by atoms with Crippen LogP contribution in [-0.2, 0) is 17.4 Å². The van der Waals surface area contributed by atoms with Gasteiger partial charge in [-0.15, -0.1) is 0 Å². The molecule has 0 saturated heterocycles. The molecule has 146 valence electrons.